The Morgan fingerprint density at radius 1 is 0.610 bits per heavy atom. The van der Waals surface area contributed by atoms with Gasteiger partial charge in [-0.05, 0) is 32.1 Å². The first-order chi connectivity index (χ1) is 20.1. The zero-order valence-corrected chi connectivity index (χ0v) is 27.2. The monoisotopic (exact) mass is 577 g/mol. The number of unbranched alkanes of at least 4 members (excludes halogenated alkanes) is 24. The lowest BCUT2D eigenvalue weighted by Crippen LogP contribution is -2.19. The van der Waals surface area contributed by atoms with E-state index in [0.717, 1.165) is 19.3 Å². The first kappa shape index (κ1) is 39.4. The zero-order chi connectivity index (χ0) is 30.1. The Morgan fingerprint density at radius 3 is 1.34 bits per heavy atom. The molecule has 41 heavy (non-hydrogen) atoms. The van der Waals surface area contributed by atoms with Crippen LogP contribution in [0.4, 0.5) is 0 Å². The van der Waals surface area contributed by atoms with E-state index in [4.69, 9.17) is 4.74 Å². The summed E-state index contributed by atoms with van der Waals surface area (Å²) in [6.07, 6.45) is 41.5. The molecule has 0 aromatic carbocycles. The van der Waals surface area contributed by atoms with E-state index in [0.29, 0.717) is 6.42 Å². The van der Waals surface area contributed by atoms with Gasteiger partial charge < -0.3 is 9.84 Å². The molecule has 0 spiro atoms. The molecule has 0 aromatic rings. The van der Waals surface area contributed by atoms with Crippen molar-refractivity contribution >= 4 is 11.9 Å². The minimum Gasteiger partial charge on any atom is -0.481 e. The van der Waals surface area contributed by atoms with Gasteiger partial charge in [0.05, 0.1) is 12.3 Å². The van der Waals surface area contributed by atoms with Crippen molar-refractivity contribution in [1.82, 2.24) is 0 Å². The second kappa shape index (κ2) is 32.9. The number of allylic oxidation sites excluding steroid dienone is 2. The fourth-order valence-electron chi connectivity index (χ4n) is 5.48. The van der Waals surface area contributed by atoms with Gasteiger partial charge in [-0.1, -0.05) is 173 Å². The lowest BCUT2D eigenvalue weighted by Gasteiger charge is -2.11. The van der Waals surface area contributed by atoms with Crippen LogP contribution in [0.3, 0.4) is 0 Å². The summed E-state index contributed by atoms with van der Waals surface area (Å²) in [6, 6.07) is 0. The maximum absolute atomic E-state index is 11.6. The molecule has 4 heteroatoms. The average Bonchev–Trinajstić information content (AvgIpc) is 2.96. The van der Waals surface area contributed by atoms with E-state index in [-0.39, 0.29) is 13.0 Å². The van der Waals surface area contributed by atoms with Crippen LogP contribution in [0, 0.1) is 5.92 Å². The zero-order valence-electron chi connectivity index (χ0n) is 27.2. The molecule has 0 saturated carbocycles. The van der Waals surface area contributed by atoms with Crippen LogP contribution in [0.15, 0.2) is 24.8 Å². The summed E-state index contributed by atoms with van der Waals surface area (Å²) in [5, 5.41) is 9.32. The largest absolute Gasteiger partial charge is 0.481 e. The maximum atomic E-state index is 11.6. The molecule has 0 aliphatic rings. The van der Waals surface area contributed by atoms with Gasteiger partial charge in [0.1, 0.15) is 6.61 Å². The van der Waals surface area contributed by atoms with Crippen LogP contribution >= 0.6 is 0 Å². The number of rotatable bonds is 33. The minimum absolute atomic E-state index is 0.0423. The molecule has 0 fully saturated rings. The first-order valence-corrected chi connectivity index (χ1v) is 17.8. The predicted molar refractivity (Wildman–Crippen MR) is 176 cm³/mol. The van der Waals surface area contributed by atoms with Crippen molar-refractivity contribution in [3.8, 4) is 0 Å². The van der Waals surface area contributed by atoms with Crippen LogP contribution in [0.25, 0.3) is 0 Å². The van der Waals surface area contributed by atoms with Crippen molar-refractivity contribution in [3.05, 3.63) is 24.8 Å². The second-order valence-electron chi connectivity index (χ2n) is 12.2. The molecular weight excluding hydrogens is 508 g/mol. The maximum Gasteiger partial charge on any atom is 0.307 e. The summed E-state index contributed by atoms with van der Waals surface area (Å²) >= 11 is 0. The molecule has 0 rings (SSSR count). The van der Waals surface area contributed by atoms with Gasteiger partial charge in [0.2, 0.25) is 0 Å². The molecule has 1 atom stereocenters. The van der Waals surface area contributed by atoms with E-state index in [9.17, 15) is 14.7 Å². The fourth-order valence-corrected chi connectivity index (χ4v) is 5.48. The summed E-state index contributed by atoms with van der Waals surface area (Å²) in [6.45, 7) is 5.93. The number of carboxylic acids is 1. The van der Waals surface area contributed by atoms with E-state index in [1.807, 2.05) is 0 Å². The van der Waals surface area contributed by atoms with Crippen LogP contribution in [0.2, 0.25) is 0 Å². The summed E-state index contributed by atoms with van der Waals surface area (Å²) in [7, 11) is 0. The third kappa shape index (κ3) is 31.2. The molecule has 0 aliphatic carbocycles. The molecule has 0 aliphatic heterocycles. The highest BCUT2D eigenvalue weighted by molar-refractivity contribution is 5.78. The summed E-state index contributed by atoms with van der Waals surface area (Å²) < 4.78 is 4.91. The highest BCUT2D eigenvalue weighted by atomic mass is 16.5. The van der Waals surface area contributed by atoms with Crippen LogP contribution in [0.5, 0.6) is 0 Å². The predicted octanol–water partition coefficient (Wildman–Crippen LogP) is 11.9. The second-order valence-corrected chi connectivity index (χ2v) is 12.2. The van der Waals surface area contributed by atoms with Gasteiger partial charge in [-0.2, -0.15) is 0 Å². The normalized spacial score (nSPS) is 12.1. The summed E-state index contributed by atoms with van der Waals surface area (Å²) in [5.41, 5.74) is 0. The van der Waals surface area contributed by atoms with Crippen molar-refractivity contribution < 1.29 is 19.4 Å². The van der Waals surface area contributed by atoms with Crippen molar-refractivity contribution in [2.45, 2.75) is 187 Å². The molecular formula is C37H68O4. The number of carbonyl (C=O) groups excluding carboxylic acids is 1. The van der Waals surface area contributed by atoms with Gasteiger partial charge in [-0.25, -0.2) is 0 Å². The quantitative estimate of drug-likeness (QED) is 0.0479. The molecule has 1 N–H and O–H groups in total. The molecule has 0 aromatic heterocycles. The Bertz CT molecular complexity index is 612. The first-order valence-electron chi connectivity index (χ1n) is 17.8. The number of carboxylic acid groups (broad SMARTS) is 1. The van der Waals surface area contributed by atoms with Gasteiger partial charge in [0.15, 0.2) is 0 Å². The molecule has 4 nitrogen and oxygen atoms in total. The smallest absolute Gasteiger partial charge is 0.307 e. The average molecular weight is 577 g/mol. The SMILES string of the molecule is C=CCOC(=O)CC(CCCCCCCCCCCCCC/C=C/CCCCCCCCCCCCCC)C(=O)O. The van der Waals surface area contributed by atoms with Gasteiger partial charge in [0, 0.05) is 0 Å². The van der Waals surface area contributed by atoms with Crippen molar-refractivity contribution in [2.24, 2.45) is 5.92 Å². The molecule has 0 saturated heterocycles. The Kier molecular flexibility index (Phi) is 31.7. The van der Waals surface area contributed by atoms with Crippen LogP contribution in [-0.2, 0) is 14.3 Å². The molecule has 0 bridgehead atoms. The topological polar surface area (TPSA) is 63.6 Å². The molecule has 240 valence electrons. The Morgan fingerprint density at radius 2 is 0.976 bits per heavy atom. The van der Waals surface area contributed by atoms with Crippen LogP contribution < -0.4 is 0 Å². The van der Waals surface area contributed by atoms with E-state index in [1.165, 1.54) is 154 Å². The Labute approximate surface area is 255 Å². The number of carbonyl (C=O) groups is 2. The molecule has 0 amide bonds. The van der Waals surface area contributed by atoms with Gasteiger partial charge in [0.25, 0.3) is 0 Å². The lowest BCUT2D eigenvalue weighted by molar-refractivity contribution is -0.151. The van der Waals surface area contributed by atoms with E-state index >= 15 is 0 Å². The van der Waals surface area contributed by atoms with E-state index in [2.05, 4.69) is 25.7 Å². The van der Waals surface area contributed by atoms with Crippen LogP contribution in [-0.4, -0.2) is 23.7 Å². The molecule has 0 radical (unpaired) electrons. The molecule has 1 unspecified atom stereocenters. The number of hydrogen-bond acceptors (Lipinski definition) is 3. The minimum atomic E-state index is -0.901. The number of hydrogen-bond donors (Lipinski definition) is 1. The Hall–Kier alpha value is -1.58. The third-order valence-corrected chi connectivity index (χ3v) is 8.19. The summed E-state index contributed by atoms with van der Waals surface area (Å²) in [5.74, 6) is -1.98. The fraction of sp³-hybridized carbons (Fsp3) is 0.838. The number of esters is 1. The summed E-state index contributed by atoms with van der Waals surface area (Å²) in [4.78, 5) is 23.0. The number of aliphatic carboxylic acids is 1. The van der Waals surface area contributed by atoms with E-state index < -0.39 is 17.9 Å². The number of ether oxygens (including phenoxy) is 1. The molecule has 0 heterocycles. The van der Waals surface area contributed by atoms with E-state index in [1.54, 1.807) is 0 Å². The highest BCUT2D eigenvalue weighted by Crippen LogP contribution is 2.18. The van der Waals surface area contributed by atoms with Gasteiger partial charge in [-0.3, -0.25) is 9.59 Å². The standard InChI is InChI=1S/C37H68O4/c1-3-5-6-7-8-9-10-11-12-13-14-15-16-17-18-19-20-21-22-23-24-25-26-27-28-29-30-31-32-35(37(39)40)34-36(38)41-33-4-2/h4,17-18,35H,2-3,5-16,19-34H2,1H3,(H,39,40)/b18-17+. The third-order valence-electron chi connectivity index (χ3n) is 8.19. The van der Waals surface area contributed by atoms with Crippen LogP contribution in [0.1, 0.15) is 187 Å². The van der Waals surface area contributed by atoms with Gasteiger partial charge >= 0.3 is 11.9 Å². The van der Waals surface area contributed by atoms with Gasteiger partial charge in [-0.15, -0.1) is 0 Å². The van der Waals surface area contributed by atoms with Crippen molar-refractivity contribution in [1.29, 1.82) is 0 Å². The van der Waals surface area contributed by atoms with Crippen molar-refractivity contribution in [3.63, 3.8) is 0 Å². The van der Waals surface area contributed by atoms with Crippen molar-refractivity contribution in [2.75, 3.05) is 6.61 Å². The Balaban J connectivity index is 3.31. The lowest BCUT2D eigenvalue weighted by atomic mass is 9.97. The highest BCUT2D eigenvalue weighted by Gasteiger charge is 2.21.